The fraction of sp³-hybridized carbons (Fsp3) is 0.923. The highest BCUT2D eigenvalue weighted by atomic mass is 16.5. The molecule has 3 unspecified atom stereocenters. The Morgan fingerprint density at radius 3 is 2.94 bits per heavy atom. The molecule has 0 spiro atoms. The number of rotatable bonds is 5. The van der Waals surface area contributed by atoms with Gasteiger partial charge in [0, 0.05) is 38.2 Å². The van der Waals surface area contributed by atoms with Crippen molar-refractivity contribution in [2.75, 3.05) is 26.3 Å². The first kappa shape index (κ1) is 12.8. The number of nitrogens with one attached hydrogen (secondary N) is 1. The molecule has 0 aromatic heterocycles. The average Bonchev–Trinajstić information content (AvgIpc) is 2.90. The smallest absolute Gasteiger partial charge is 0.222 e. The van der Waals surface area contributed by atoms with Gasteiger partial charge in [0.2, 0.25) is 5.91 Å². The van der Waals surface area contributed by atoms with Crippen LogP contribution in [0.5, 0.6) is 0 Å². The van der Waals surface area contributed by atoms with Crippen LogP contribution in [0.25, 0.3) is 0 Å². The number of likely N-dealkylation sites (tertiary alicyclic amines) is 1. The molecule has 0 radical (unpaired) electrons. The van der Waals surface area contributed by atoms with E-state index in [9.17, 15) is 4.79 Å². The normalized spacial score (nSPS) is 28.7. The van der Waals surface area contributed by atoms with Gasteiger partial charge in [-0.05, 0) is 32.6 Å². The molecule has 0 aliphatic carbocycles. The van der Waals surface area contributed by atoms with E-state index in [0.29, 0.717) is 23.9 Å². The van der Waals surface area contributed by atoms with E-state index >= 15 is 0 Å². The van der Waals surface area contributed by atoms with Crippen molar-refractivity contribution in [3.63, 3.8) is 0 Å². The molecule has 2 rings (SSSR count). The van der Waals surface area contributed by atoms with Crippen molar-refractivity contribution in [2.45, 2.75) is 45.2 Å². The summed E-state index contributed by atoms with van der Waals surface area (Å²) in [5.74, 6) is 0.947. The van der Waals surface area contributed by atoms with E-state index in [1.807, 2.05) is 4.90 Å². The summed E-state index contributed by atoms with van der Waals surface area (Å²) in [6, 6.07) is 0.845. The van der Waals surface area contributed by atoms with Crippen LogP contribution in [-0.4, -0.2) is 49.2 Å². The standard InChI is InChI=1S/C13H24N2O2/c1-10(8-15-6-3-4-13(15)16)14-11(2)12-5-7-17-9-12/h10-12,14H,3-9H2,1-2H3. The number of nitrogens with zero attached hydrogens (tertiary/aromatic N) is 1. The lowest BCUT2D eigenvalue weighted by atomic mass is 10.00. The van der Waals surface area contributed by atoms with Crippen molar-refractivity contribution in [1.82, 2.24) is 10.2 Å². The molecule has 0 saturated carbocycles. The molecule has 3 atom stereocenters. The fourth-order valence-electron chi connectivity index (χ4n) is 2.81. The van der Waals surface area contributed by atoms with Crippen LogP contribution in [0.4, 0.5) is 0 Å². The van der Waals surface area contributed by atoms with Crippen LogP contribution in [0.2, 0.25) is 0 Å². The first-order valence-electron chi connectivity index (χ1n) is 6.78. The van der Waals surface area contributed by atoms with Crippen LogP contribution < -0.4 is 5.32 Å². The Balaban J connectivity index is 1.72. The number of carbonyl (C=O) groups excluding carboxylic acids is 1. The SMILES string of the molecule is CC(CN1CCCC1=O)NC(C)C1CCOC1. The lowest BCUT2D eigenvalue weighted by molar-refractivity contribution is -0.128. The summed E-state index contributed by atoms with van der Waals surface area (Å²) in [6.07, 6.45) is 2.92. The Hall–Kier alpha value is -0.610. The second-order valence-electron chi connectivity index (χ2n) is 5.42. The van der Waals surface area contributed by atoms with Crippen molar-refractivity contribution in [3.8, 4) is 0 Å². The van der Waals surface area contributed by atoms with Crippen LogP contribution in [0.3, 0.4) is 0 Å². The lowest BCUT2D eigenvalue weighted by Gasteiger charge is -2.27. The molecule has 2 aliphatic rings. The third kappa shape index (κ3) is 3.42. The van der Waals surface area contributed by atoms with Gasteiger partial charge in [0.05, 0.1) is 6.61 Å². The first-order chi connectivity index (χ1) is 8.16. The number of amides is 1. The molecule has 4 nitrogen and oxygen atoms in total. The topological polar surface area (TPSA) is 41.6 Å². The average molecular weight is 240 g/mol. The van der Waals surface area contributed by atoms with Gasteiger partial charge in [-0.3, -0.25) is 4.79 Å². The van der Waals surface area contributed by atoms with Gasteiger partial charge < -0.3 is 15.0 Å². The van der Waals surface area contributed by atoms with Crippen molar-refractivity contribution in [2.24, 2.45) is 5.92 Å². The Morgan fingerprint density at radius 1 is 1.53 bits per heavy atom. The molecular formula is C13H24N2O2. The van der Waals surface area contributed by atoms with Crippen molar-refractivity contribution >= 4 is 5.91 Å². The predicted octanol–water partition coefficient (Wildman–Crippen LogP) is 1.01. The van der Waals surface area contributed by atoms with Gasteiger partial charge in [-0.1, -0.05) is 0 Å². The molecule has 1 N–H and O–H groups in total. The Morgan fingerprint density at radius 2 is 2.35 bits per heavy atom. The van der Waals surface area contributed by atoms with Gasteiger partial charge in [0.25, 0.3) is 0 Å². The number of hydrogen-bond acceptors (Lipinski definition) is 3. The third-order valence-electron chi connectivity index (χ3n) is 3.89. The van der Waals surface area contributed by atoms with Crippen LogP contribution >= 0.6 is 0 Å². The van der Waals surface area contributed by atoms with Gasteiger partial charge >= 0.3 is 0 Å². The summed E-state index contributed by atoms with van der Waals surface area (Å²) in [6.45, 7) is 7.95. The summed E-state index contributed by atoms with van der Waals surface area (Å²) in [5.41, 5.74) is 0. The van der Waals surface area contributed by atoms with E-state index in [4.69, 9.17) is 4.74 Å². The molecule has 4 heteroatoms. The Labute approximate surface area is 104 Å². The molecule has 0 aromatic carbocycles. The molecule has 2 heterocycles. The minimum Gasteiger partial charge on any atom is -0.381 e. The van der Waals surface area contributed by atoms with Gasteiger partial charge in [-0.2, -0.15) is 0 Å². The van der Waals surface area contributed by atoms with E-state index in [2.05, 4.69) is 19.2 Å². The maximum Gasteiger partial charge on any atom is 0.222 e. The second kappa shape index (κ2) is 5.83. The number of carbonyl (C=O) groups is 1. The van der Waals surface area contributed by atoms with Crippen molar-refractivity contribution in [1.29, 1.82) is 0 Å². The van der Waals surface area contributed by atoms with Crippen molar-refractivity contribution in [3.05, 3.63) is 0 Å². The highest BCUT2D eigenvalue weighted by Crippen LogP contribution is 2.17. The van der Waals surface area contributed by atoms with Crippen molar-refractivity contribution < 1.29 is 9.53 Å². The maximum absolute atomic E-state index is 11.5. The van der Waals surface area contributed by atoms with Crippen LogP contribution in [0.1, 0.15) is 33.1 Å². The predicted molar refractivity (Wildman–Crippen MR) is 66.8 cm³/mol. The van der Waals surface area contributed by atoms with E-state index in [0.717, 1.165) is 45.6 Å². The van der Waals surface area contributed by atoms with Crippen LogP contribution in [-0.2, 0) is 9.53 Å². The highest BCUT2D eigenvalue weighted by molar-refractivity contribution is 5.78. The van der Waals surface area contributed by atoms with E-state index in [1.165, 1.54) is 0 Å². The Kier molecular flexibility index (Phi) is 4.40. The quantitative estimate of drug-likeness (QED) is 0.780. The fourth-order valence-corrected chi connectivity index (χ4v) is 2.81. The molecule has 2 aliphatic heterocycles. The van der Waals surface area contributed by atoms with Gasteiger partial charge in [0.15, 0.2) is 0 Å². The second-order valence-corrected chi connectivity index (χ2v) is 5.42. The Bertz CT molecular complexity index is 264. The van der Waals surface area contributed by atoms with E-state index in [1.54, 1.807) is 0 Å². The zero-order chi connectivity index (χ0) is 12.3. The van der Waals surface area contributed by atoms with E-state index < -0.39 is 0 Å². The molecule has 0 aromatic rings. The van der Waals surface area contributed by atoms with Gasteiger partial charge in [-0.15, -0.1) is 0 Å². The minimum absolute atomic E-state index is 0.315. The molecule has 2 fully saturated rings. The largest absolute Gasteiger partial charge is 0.381 e. The monoisotopic (exact) mass is 240 g/mol. The molecule has 1 amide bonds. The third-order valence-corrected chi connectivity index (χ3v) is 3.89. The minimum atomic E-state index is 0.315. The molecule has 17 heavy (non-hydrogen) atoms. The first-order valence-corrected chi connectivity index (χ1v) is 6.78. The van der Waals surface area contributed by atoms with Gasteiger partial charge in [-0.25, -0.2) is 0 Å². The molecule has 98 valence electrons. The summed E-state index contributed by atoms with van der Waals surface area (Å²) >= 11 is 0. The maximum atomic E-state index is 11.5. The van der Waals surface area contributed by atoms with Crippen LogP contribution in [0.15, 0.2) is 0 Å². The molecule has 0 bridgehead atoms. The zero-order valence-electron chi connectivity index (χ0n) is 10.9. The zero-order valence-corrected chi connectivity index (χ0v) is 10.9. The summed E-state index contributed by atoms with van der Waals surface area (Å²) < 4.78 is 5.41. The van der Waals surface area contributed by atoms with Gasteiger partial charge in [0.1, 0.15) is 0 Å². The highest BCUT2D eigenvalue weighted by Gasteiger charge is 2.25. The molecule has 2 saturated heterocycles. The summed E-state index contributed by atoms with van der Waals surface area (Å²) in [4.78, 5) is 13.5. The van der Waals surface area contributed by atoms with E-state index in [-0.39, 0.29) is 0 Å². The lowest BCUT2D eigenvalue weighted by Crippen LogP contribution is -2.46. The van der Waals surface area contributed by atoms with Crippen LogP contribution in [0, 0.1) is 5.92 Å². The number of hydrogen-bond donors (Lipinski definition) is 1. The number of ether oxygens (including phenoxy) is 1. The molecular weight excluding hydrogens is 216 g/mol. The summed E-state index contributed by atoms with van der Waals surface area (Å²) in [5, 5.41) is 3.60. The summed E-state index contributed by atoms with van der Waals surface area (Å²) in [7, 11) is 0.